The van der Waals surface area contributed by atoms with Crippen molar-refractivity contribution < 1.29 is 40.2 Å². The zero-order valence-electron chi connectivity index (χ0n) is 27.9. The first-order valence-electron chi connectivity index (χ1n) is 15.9. The van der Waals surface area contributed by atoms with E-state index >= 15 is 0 Å². The predicted molar refractivity (Wildman–Crippen MR) is 182 cm³/mol. The molecule has 2 aromatic rings. The lowest BCUT2D eigenvalue weighted by Gasteiger charge is -2.28. The van der Waals surface area contributed by atoms with Crippen LogP contribution in [-0.4, -0.2) is 80.9 Å². The minimum atomic E-state index is -4.78. The molecule has 47 heavy (non-hydrogen) atoms. The molecule has 11 nitrogen and oxygen atoms in total. The molecule has 0 unspecified atom stereocenters. The molecule has 1 heterocycles. The Balaban J connectivity index is 1.76. The Morgan fingerprint density at radius 1 is 0.894 bits per heavy atom. The summed E-state index contributed by atoms with van der Waals surface area (Å²) in [7, 11) is -5.96. The molecule has 1 aliphatic carbocycles. The molecule has 0 fully saturated rings. The summed E-state index contributed by atoms with van der Waals surface area (Å²) in [5, 5.41) is 1.34. The van der Waals surface area contributed by atoms with E-state index in [9.17, 15) is 17.8 Å². The van der Waals surface area contributed by atoms with E-state index in [4.69, 9.17) is 22.4 Å². The molecule has 2 aliphatic rings. The van der Waals surface area contributed by atoms with Crippen LogP contribution in [0, 0.1) is 0 Å². The summed E-state index contributed by atoms with van der Waals surface area (Å²) in [6.45, 7) is 12.7. The molecule has 0 spiro atoms. The lowest BCUT2D eigenvalue weighted by Crippen LogP contribution is -2.47. The number of carbonyl (C=O) groups excluding carboxylic acids is 1. The molecule has 4 rings (SSSR count). The summed E-state index contributed by atoms with van der Waals surface area (Å²) in [5.41, 5.74) is 2.95. The number of carbonyl (C=O) groups is 1. The number of hydrogen-bond acceptors (Lipinski definition) is 10. The molecule has 13 heteroatoms. The second kappa shape index (κ2) is 16.0. The van der Waals surface area contributed by atoms with Gasteiger partial charge in [0.15, 0.2) is 0 Å². The van der Waals surface area contributed by atoms with Crippen molar-refractivity contribution in [2.24, 2.45) is 0 Å². The van der Waals surface area contributed by atoms with Crippen molar-refractivity contribution in [1.29, 1.82) is 0 Å². The monoisotopic (exact) mass is 684 g/mol. The molecular weight excluding hydrogens is 641 g/mol. The standard InChI is InChI=1S/C34H44N2O9SSi/c1-7-36(8-2)26-17-19-28-31(23-26)45-30-22-25(16-18-27(30)34(28)29-14-12-13-15-32(29)46(38,39)40)35(6)24-33(37)41-20-21-47(42-9-3,43-10-4)44-11-5/h12-19,22-23H,7-11,20-21,24H2,1-6H3. The van der Waals surface area contributed by atoms with Crippen LogP contribution in [0.4, 0.5) is 5.69 Å². The van der Waals surface area contributed by atoms with Crippen molar-refractivity contribution in [2.45, 2.75) is 45.6 Å². The largest absolute Gasteiger partial charge is 0.744 e. The van der Waals surface area contributed by atoms with E-state index < -0.39 is 24.9 Å². The van der Waals surface area contributed by atoms with Crippen molar-refractivity contribution in [3.63, 3.8) is 0 Å². The molecule has 0 saturated heterocycles. The summed E-state index contributed by atoms with van der Waals surface area (Å²) in [5.74, 6) is 0.0236. The molecule has 2 aromatic carbocycles. The highest BCUT2D eigenvalue weighted by Crippen LogP contribution is 2.42. The average Bonchev–Trinajstić information content (AvgIpc) is 3.04. The van der Waals surface area contributed by atoms with Gasteiger partial charge in [-0.1, -0.05) is 18.2 Å². The smallest absolute Gasteiger partial charge is 0.504 e. The van der Waals surface area contributed by atoms with Gasteiger partial charge < -0.3 is 31.9 Å². The number of ether oxygens (including phenoxy) is 1. The number of anilines is 1. The second-order valence-corrected chi connectivity index (χ2v) is 14.8. The highest BCUT2D eigenvalue weighted by Gasteiger charge is 2.40. The van der Waals surface area contributed by atoms with Gasteiger partial charge >= 0.3 is 14.8 Å². The topological polar surface area (TPSA) is 131 Å². The van der Waals surface area contributed by atoms with Crippen LogP contribution in [-0.2, 0) is 32.9 Å². The van der Waals surface area contributed by atoms with Crippen LogP contribution in [0.3, 0.4) is 0 Å². The van der Waals surface area contributed by atoms with Gasteiger partial charge in [0.25, 0.3) is 0 Å². The second-order valence-electron chi connectivity index (χ2n) is 10.8. The van der Waals surface area contributed by atoms with Crippen molar-refractivity contribution in [2.75, 3.05) is 58.0 Å². The van der Waals surface area contributed by atoms with Gasteiger partial charge in [-0.2, -0.15) is 0 Å². The van der Waals surface area contributed by atoms with E-state index in [1.165, 1.54) is 12.1 Å². The molecule has 0 atom stereocenters. The number of nitrogens with zero attached hydrogens (tertiary/aromatic N) is 2. The van der Waals surface area contributed by atoms with Crippen LogP contribution in [0.1, 0.15) is 34.6 Å². The fraction of sp³-hybridized carbons (Fsp3) is 0.412. The maximum Gasteiger partial charge on any atom is 0.504 e. The zero-order valence-corrected chi connectivity index (χ0v) is 29.7. The third kappa shape index (κ3) is 8.47. The maximum absolute atomic E-state index is 12.9. The highest BCUT2D eigenvalue weighted by molar-refractivity contribution is 7.85. The number of esters is 1. The fourth-order valence-electron chi connectivity index (χ4n) is 5.69. The van der Waals surface area contributed by atoms with E-state index in [2.05, 4.69) is 18.7 Å². The maximum atomic E-state index is 12.9. The molecular formula is C34H44N2O9SSi. The van der Waals surface area contributed by atoms with Crippen LogP contribution in [0.25, 0.3) is 33.4 Å². The third-order valence-corrected chi connectivity index (χ3v) is 11.7. The van der Waals surface area contributed by atoms with Gasteiger partial charge in [-0.25, -0.2) is 17.8 Å². The molecule has 0 bridgehead atoms. The average molecular weight is 685 g/mol. The van der Waals surface area contributed by atoms with Crippen LogP contribution in [0.15, 0.2) is 70.0 Å². The van der Waals surface area contributed by atoms with Crippen LogP contribution in [0.5, 0.6) is 0 Å². The SMILES string of the molecule is CCO[Si](CCOC(=O)C[N+](C)=c1ccc2c(-c3ccccc3S(=O)(=O)[O-])c3ccc(N(CC)CC)cc3oc-2c1)(OCC)OCC. The minimum absolute atomic E-state index is 0.0399. The first-order valence-corrected chi connectivity index (χ1v) is 19.3. The number of rotatable bonds is 16. The number of benzene rings is 3. The van der Waals surface area contributed by atoms with Crippen LogP contribution in [0.2, 0.25) is 6.04 Å². The number of fused-ring (bicyclic) bond motifs is 2. The fourth-order valence-corrected chi connectivity index (χ4v) is 8.73. The molecule has 0 amide bonds. The Morgan fingerprint density at radius 2 is 1.55 bits per heavy atom. The van der Waals surface area contributed by atoms with Gasteiger partial charge in [0.2, 0.25) is 11.9 Å². The van der Waals surface area contributed by atoms with Gasteiger partial charge in [0.1, 0.15) is 28.5 Å². The summed E-state index contributed by atoms with van der Waals surface area (Å²) in [6.07, 6.45) is 0. The van der Waals surface area contributed by atoms with Crippen molar-refractivity contribution in [1.82, 2.24) is 4.58 Å². The molecule has 0 N–H and O–H groups in total. The summed E-state index contributed by atoms with van der Waals surface area (Å²) >= 11 is 0. The molecule has 0 aromatic heterocycles. The van der Waals surface area contributed by atoms with Crippen molar-refractivity contribution in [3.05, 3.63) is 66.0 Å². The van der Waals surface area contributed by atoms with E-state index in [1.807, 2.05) is 51.1 Å². The Kier molecular flexibility index (Phi) is 12.3. The summed E-state index contributed by atoms with van der Waals surface area (Å²) < 4.78 is 68.3. The number of likely N-dealkylation sites (N-methyl/N-ethyl adjacent to an activating group) is 1. The summed E-state index contributed by atoms with van der Waals surface area (Å²) in [6, 6.07) is 17.7. The quantitative estimate of drug-likeness (QED) is 0.0526. The van der Waals surface area contributed by atoms with Crippen LogP contribution >= 0.6 is 0 Å². The predicted octanol–water partition coefficient (Wildman–Crippen LogP) is 4.95. The molecule has 0 radical (unpaired) electrons. The molecule has 254 valence electrons. The van der Waals surface area contributed by atoms with Crippen molar-refractivity contribution in [3.8, 4) is 22.5 Å². The van der Waals surface area contributed by atoms with Gasteiger partial charge in [-0.3, -0.25) is 0 Å². The Morgan fingerprint density at radius 3 is 2.17 bits per heavy atom. The first-order chi connectivity index (χ1) is 22.5. The third-order valence-electron chi connectivity index (χ3n) is 7.81. The van der Waals surface area contributed by atoms with Crippen molar-refractivity contribution >= 4 is 41.5 Å². The van der Waals surface area contributed by atoms with Gasteiger partial charge in [0, 0.05) is 72.8 Å². The molecule has 0 saturated carbocycles. The van der Waals surface area contributed by atoms with Crippen LogP contribution < -0.4 is 14.8 Å². The van der Waals surface area contributed by atoms with Gasteiger partial charge in [0.05, 0.1) is 23.6 Å². The van der Waals surface area contributed by atoms with E-state index in [1.54, 1.807) is 29.8 Å². The Bertz CT molecular complexity index is 1820. The lowest BCUT2D eigenvalue weighted by molar-refractivity contribution is -0.142. The summed E-state index contributed by atoms with van der Waals surface area (Å²) in [4.78, 5) is 14.7. The minimum Gasteiger partial charge on any atom is -0.744 e. The Labute approximate surface area is 277 Å². The first kappa shape index (κ1) is 36.2. The van der Waals surface area contributed by atoms with E-state index in [0.29, 0.717) is 64.6 Å². The van der Waals surface area contributed by atoms with E-state index in [0.717, 1.165) is 18.8 Å². The lowest BCUT2D eigenvalue weighted by atomic mass is 9.93. The Hall–Kier alpha value is -3.59. The van der Waals surface area contributed by atoms with E-state index in [-0.39, 0.29) is 18.0 Å². The zero-order chi connectivity index (χ0) is 34.2. The van der Waals surface area contributed by atoms with Gasteiger partial charge in [-0.05, 0) is 58.9 Å². The normalized spacial score (nSPS) is 12.8. The number of hydrogen-bond donors (Lipinski definition) is 0. The highest BCUT2D eigenvalue weighted by atomic mass is 32.2. The van der Waals surface area contributed by atoms with Gasteiger partial charge in [-0.15, -0.1) is 0 Å². The molecule has 1 aliphatic heterocycles.